The largest absolute Gasteiger partial charge is 0.490 e. The van der Waals surface area contributed by atoms with Gasteiger partial charge in [0.15, 0.2) is 16.6 Å². The number of nitrogens with zero attached hydrogens (tertiary/aromatic N) is 6. The van der Waals surface area contributed by atoms with Crippen molar-refractivity contribution in [3.63, 3.8) is 0 Å². The summed E-state index contributed by atoms with van der Waals surface area (Å²) >= 11 is 1.35. The summed E-state index contributed by atoms with van der Waals surface area (Å²) in [5, 5.41) is 19.9. The lowest BCUT2D eigenvalue weighted by molar-refractivity contribution is -0.136. The predicted molar refractivity (Wildman–Crippen MR) is 189 cm³/mol. The lowest BCUT2D eigenvalue weighted by atomic mass is 9.87. The number of aryl methyl sites for hydroxylation is 2. The van der Waals surface area contributed by atoms with Crippen LogP contribution in [0.1, 0.15) is 62.4 Å². The van der Waals surface area contributed by atoms with E-state index >= 15 is 4.39 Å². The Morgan fingerprint density at radius 3 is 2.45 bits per heavy atom. The fraction of sp³-hybridized carbons (Fsp3) is 0.556. The van der Waals surface area contributed by atoms with E-state index < -0.39 is 17.4 Å². The maximum atomic E-state index is 15.5. The van der Waals surface area contributed by atoms with Crippen LogP contribution in [0.2, 0.25) is 0 Å². The van der Waals surface area contributed by atoms with Gasteiger partial charge in [0.1, 0.15) is 5.65 Å². The van der Waals surface area contributed by atoms with Gasteiger partial charge in [-0.25, -0.2) is 9.37 Å². The number of aromatic nitrogens is 4. The number of halogens is 1. The van der Waals surface area contributed by atoms with E-state index in [1.807, 2.05) is 31.5 Å². The van der Waals surface area contributed by atoms with E-state index in [9.17, 15) is 9.90 Å². The molecular weight excluding hydrogens is 647 g/mol. The molecule has 0 radical (unpaired) electrons. The highest BCUT2D eigenvalue weighted by Gasteiger charge is 2.29. The first-order valence-electron chi connectivity index (χ1n) is 17.1. The Morgan fingerprint density at radius 2 is 1.78 bits per heavy atom. The highest BCUT2D eigenvalue weighted by molar-refractivity contribution is 7.09. The minimum absolute atomic E-state index is 0.216. The van der Waals surface area contributed by atoms with Gasteiger partial charge in [0, 0.05) is 69.1 Å². The van der Waals surface area contributed by atoms with Gasteiger partial charge >= 0.3 is 5.97 Å². The Morgan fingerprint density at radius 1 is 1.08 bits per heavy atom. The summed E-state index contributed by atoms with van der Waals surface area (Å²) in [4.78, 5) is 26.7. The Hall–Kier alpha value is -3.65. The number of carbonyl (C=O) groups is 1. The van der Waals surface area contributed by atoms with Crippen molar-refractivity contribution >= 4 is 34.5 Å². The molecule has 11 nitrogen and oxygen atoms in total. The quantitative estimate of drug-likeness (QED) is 0.266. The fourth-order valence-electron chi connectivity index (χ4n) is 7.07. The number of fused-ring (bicyclic) bond motifs is 2. The number of hydrogen-bond donors (Lipinski definition) is 2. The molecule has 0 bridgehead atoms. The molecule has 2 fully saturated rings. The molecule has 6 heterocycles. The summed E-state index contributed by atoms with van der Waals surface area (Å²) in [6, 6.07) is 4.09. The van der Waals surface area contributed by atoms with Gasteiger partial charge in [0.2, 0.25) is 5.95 Å². The number of benzene rings is 1. The third-order valence-electron chi connectivity index (χ3n) is 9.45. The number of pyridine rings is 1. The number of aliphatic carboxylic acids is 1. The minimum atomic E-state index is -0.961. The normalized spacial score (nSPS) is 17.4. The second-order valence-corrected chi connectivity index (χ2v) is 14.9. The smallest absolute Gasteiger partial charge is 0.307 e. The third kappa shape index (κ3) is 7.59. The van der Waals surface area contributed by atoms with Gasteiger partial charge in [-0.15, -0.1) is 0 Å². The molecular formula is C36H47FN6O5S. The van der Waals surface area contributed by atoms with Crippen molar-refractivity contribution in [1.29, 1.82) is 0 Å². The Balaban J connectivity index is 0.000000778. The Bertz CT molecular complexity index is 1830. The molecule has 3 aliphatic rings. The van der Waals surface area contributed by atoms with Crippen molar-refractivity contribution < 1.29 is 28.9 Å². The van der Waals surface area contributed by atoms with Gasteiger partial charge in [0.25, 0.3) is 0 Å². The number of anilines is 1. The molecule has 2 saturated heterocycles. The van der Waals surface area contributed by atoms with E-state index in [1.165, 1.54) is 17.6 Å². The molecule has 1 aromatic carbocycles. The molecule has 13 heteroatoms. The molecule has 0 atom stereocenters. The zero-order valence-electron chi connectivity index (χ0n) is 29.3. The SMILES string of the molecule is CC(C)(C)O.Cc1nc2c(cc(-c3nc(N4CCN(C5CCOCC5)CC4)ns3)n2C)c(-c2cc(F)c3c(c2C)CCCO3)c1CC(=O)O. The zero-order valence-corrected chi connectivity index (χ0v) is 30.1. The van der Waals surface area contributed by atoms with Crippen LogP contribution in [0, 0.1) is 19.7 Å². The van der Waals surface area contributed by atoms with Crippen molar-refractivity contribution in [2.75, 3.05) is 50.9 Å². The van der Waals surface area contributed by atoms with E-state index in [2.05, 4.69) is 9.80 Å². The lowest BCUT2D eigenvalue weighted by Crippen LogP contribution is -2.51. The Kier molecular flexibility index (Phi) is 10.3. The predicted octanol–water partition coefficient (Wildman–Crippen LogP) is 5.55. The van der Waals surface area contributed by atoms with E-state index in [4.69, 9.17) is 28.9 Å². The highest BCUT2D eigenvalue weighted by atomic mass is 32.1. The monoisotopic (exact) mass is 694 g/mol. The first kappa shape index (κ1) is 35.2. The molecule has 3 aromatic heterocycles. The molecule has 0 amide bonds. The molecule has 0 saturated carbocycles. The van der Waals surface area contributed by atoms with Crippen molar-refractivity contribution in [3.8, 4) is 27.6 Å². The molecule has 3 aliphatic heterocycles. The maximum absolute atomic E-state index is 15.5. The van der Waals surface area contributed by atoms with Crippen molar-refractivity contribution in [2.45, 2.75) is 78.4 Å². The molecule has 4 aromatic rings. The van der Waals surface area contributed by atoms with Crippen LogP contribution in [0.3, 0.4) is 0 Å². The second kappa shape index (κ2) is 14.3. The first-order valence-corrected chi connectivity index (χ1v) is 17.9. The van der Waals surface area contributed by atoms with Crippen molar-refractivity contribution in [1.82, 2.24) is 23.8 Å². The van der Waals surface area contributed by atoms with Gasteiger partial charge in [-0.2, -0.15) is 9.36 Å². The van der Waals surface area contributed by atoms with E-state index in [-0.39, 0.29) is 6.42 Å². The van der Waals surface area contributed by atoms with E-state index in [0.29, 0.717) is 52.9 Å². The highest BCUT2D eigenvalue weighted by Crippen LogP contribution is 2.43. The van der Waals surface area contributed by atoms with Crippen LogP contribution in [-0.2, 0) is 29.4 Å². The lowest BCUT2D eigenvalue weighted by Gasteiger charge is -2.40. The summed E-state index contributed by atoms with van der Waals surface area (Å²) in [7, 11) is 1.94. The number of ether oxygens (including phenoxy) is 2. The summed E-state index contributed by atoms with van der Waals surface area (Å²) in [6.45, 7) is 14.9. The van der Waals surface area contributed by atoms with Crippen LogP contribution >= 0.6 is 11.5 Å². The van der Waals surface area contributed by atoms with Crippen LogP contribution < -0.4 is 9.64 Å². The molecule has 7 rings (SSSR count). The van der Waals surface area contributed by atoms with Crippen molar-refractivity contribution in [3.05, 3.63) is 40.3 Å². The summed E-state index contributed by atoms with van der Waals surface area (Å²) in [5.74, 6) is -0.351. The number of hydrogen-bond acceptors (Lipinski definition) is 10. The first-order chi connectivity index (χ1) is 23.3. The van der Waals surface area contributed by atoms with Gasteiger partial charge in [-0.3, -0.25) is 9.69 Å². The fourth-order valence-corrected chi connectivity index (χ4v) is 7.80. The standard InChI is InChI=1S/C32H37FN6O4S.C4H10O/c1-18-21-5-4-12-43-29(21)25(33)15-22(18)28-23(17-27(40)41)19(2)34-30-24(28)16-26(37(30)3)31-35-32(36-44-31)39-10-8-38(9-11-39)20-6-13-42-14-7-20;1-4(2,3)5/h15-16,20H,4-14,17H2,1-3H3,(H,40,41);5H,1-3H3. The van der Waals surface area contributed by atoms with Crippen LogP contribution in [0.15, 0.2) is 12.1 Å². The average molecular weight is 695 g/mol. The summed E-state index contributed by atoms with van der Waals surface area (Å²) < 4.78 is 33.4. The number of carboxylic acids is 1. The maximum Gasteiger partial charge on any atom is 0.307 e. The van der Waals surface area contributed by atoms with Gasteiger partial charge < -0.3 is 29.2 Å². The summed E-state index contributed by atoms with van der Waals surface area (Å²) in [6.07, 6.45) is 3.49. The Labute approximate surface area is 290 Å². The summed E-state index contributed by atoms with van der Waals surface area (Å²) in [5.41, 5.74) is 5.35. The van der Waals surface area contributed by atoms with Gasteiger partial charge in [-0.1, -0.05) is 0 Å². The average Bonchev–Trinajstić information content (AvgIpc) is 3.68. The second-order valence-electron chi connectivity index (χ2n) is 14.2. The third-order valence-corrected chi connectivity index (χ3v) is 10.2. The molecule has 49 heavy (non-hydrogen) atoms. The van der Waals surface area contributed by atoms with Crippen LogP contribution in [0.5, 0.6) is 5.75 Å². The van der Waals surface area contributed by atoms with Gasteiger partial charge in [0.05, 0.1) is 24.3 Å². The number of rotatable bonds is 6. The number of carboxylic acid groups (broad SMARTS) is 1. The van der Waals surface area contributed by atoms with E-state index in [1.54, 1.807) is 20.8 Å². The van der Waals surface area contributed by atoms with Crippen LogP contribution in [-0.4, -0.2) is 97.6 Å². The van der Waals surface area contributed by atoms with E-state index in [0.717, 1.165) is 91.8 Å². The number of piperazine rings is 1. The molecule has 264 valence electrons. The molecule has 0 unspecified atom stereocenters. The topological polar surface area (TPSA) is 126 Å². The molecule has 0 spiro atoms. The zero-order chi connectivity index (χ0) is 35.0. The van der Waals surface area contributed by atoms with Crippen LogP contribution in [0.25, 0.3) is 32.9 Å². The van der Waals surface area contributed by atoms with Crippen molar-refractivity contribution in [2.24, 2.45) is 7.05 Å². The minimum Gasteiger partial charge on any atom is -0.490 e. The van der Waals surface area contributed by atoms with Gasteiger partial charge in [-0.05, 0) is 106 Å². The molecule has 2 N–H and O–H groups in total. The molecule has 0 aliphatic carbocycles. The number of aliphatic hydroxyl groups is 1. The van der Waals surface area contributed by atoms with Crippen LogP contribution in [0.4, 0.5) is 10.3 Å².